The van der Waals surface area contributed by atoms with Gasteiger partial charge in [0.1, 0.15) is 11.9 Å². The summed E-state index contributed by atoms with van der Waals surface area (Å²) in [4.78, 5) is 36.6. The molecule has 11 heteroatoms. The molecule has 1 aliphatic heterocycles. The summed E-state index contributed by atoms with van der Waals surface area (Å²) < 4.78 is 13.9. The number of aromatic nitrogens is 2. The number of aliphatic hydroxyl groups excluding tert-OH is 2. The second kappa shape index (κ2) is 10.9. The highest BCUT2D eigenvalue weighted by molar-refractivity contribution is 6.33. The Morgan fingerprint density at radius 2 is 2.03 bits per heavy atom. The average molecular weight is 554 g/mol. The molecule has 2 heterocycles. The number of halogens is 2. The maximum atomic E-state index is 13.9. The van der Waals surface area contributed by atoms with E-state index in [9.17, 15) is 24.2 Å². The lowest BCUT2D eigenvalue weighted by Crippen LogP contribution is -2.46. The van der Waals surface area contributed by atoms with Gasteiger partial charge in [0.15, 0.2) is 0 Å². The minimum atomic E-state index is -0.840. The summed E-state index contributed by atoms with van der Waals surface area (Å²) in [5, 5.41) is 25.6. The molecule has 0 radical (unpaired) electrons. The zero-order valence-electron chi connectivity index (χ0n) is 21.5. The Bertz CT molecular complexity index is 1410. The molecule has 5 rings (SSSR count). The van der Waals surface area contributed by atoms with Gasteiger partial charge in [0.05, 0.1) is 35.7 Å². The van der Waals surface area contributed by atoms with Crippen LogP contribution in [0.5, 0.6) is 0 Å². The van der Waals surface area contributed by atoms with Crippen molar-refractivity contribution in [3.05, 3.63) is 75.7 Å². The molecule has 1 aromatic heterocycles. The fourth-order valence-corrected chi connectivity index (χ4v) is 5.15. The number of aryl methyl sites for hydroxylation is 1. The Morgan fingerprint density at radius 3 is 2.72 bits per heavy atom. The van der Waals surface area contributed by atoms with Crippen molar-refractivity contribution in [3.8, 4) is 11.3 Å². The SMILES string of the molecule is Cc1cc(F)cc([C@@H](CO)NC(=O)[C@@H](C)N2Cc3ccc(-c4nc(NC5CC(O)C5)ncc4Cl)cc3C2=O)c1. The van der Waals surface area contributed by atoms with Crippen molar-refractivity contribution in [3.63, 3.8) is 0 Å². The van der Waals surface area contributed by atoms with Crippen molar-refractivity contribution in [2.75, 3.05) is 11.9 Å². The molecular formula is C28H29ClFN5O4. The maximum absolute atomic E-state index is 13.9. The highest BCUT2D eigenvalue weighted by Gasteiger charge is 2.35. The van der Waals surface area contributed by atoms with Crippen LogP contribution in [0.25, 0.3) is 11.3 Å². The summed E-state index contributed by atoms with van der Waals surface area (Å²) in [5.74, 6) is -0.853. The van der Waals surface area contributed by atoms with Crippen molar-refractivity contribution in [2.24, 2.45) is 0 Å². The number of hydrogen-bond donors (Lipinski definition) is 4. The predicted octanol–water partition coefficient (Wildman–Crippen LogP) is 3.37. The van der Waals surface area contributed by atoms with Crippen LogP contribution in [0.15, 0.2) is 42.6 Å². The van der Waals surface area contributed by atoms with Crippen LogP contribution in [0.3, 0.4) is 0 Å². The standard InChI is InChI=1S/C28H29ClFN5O4/c1-14-5-18(7-19(30)6-14)24(13-36)33-26(38)15(2)35-12-17-4-3-16(8-22(17)27(35)39)25-23(29)11-31-28(34-25)32-20-9-21(37)10-20/h3-8,11,15,20-21,24,36-37H,9-10,12-13H2,1-2H3,(H,33,38)(H,31,32,34)/t15-,20?,21?,24-/m1/s1. The molecule has 0 saturated heterocycles. The van der Waals surface area contributed by atoms with Gasteiger partial charge >= 0.3 is 0 Å². The Kier molecular flexibility index (Phi) is 7.53. The molecule has 3 aromatic rings. The van der Waals surface area contributed by atoms with E-state index in [1.807, 2.05) is 12.1 Å². The summed E-state index contributed by atoms with van der Waals surface area (Å²) in [5.41, 5.74) is 3.41. The number of nitrogens with one attached hydrogen (secondary N) is 2. The van der Waals surface area contributed by atoms with E-state index in [4.69, 9.17) is 11.6 Å². The number of aliphatic hydroxyl groups is 2. The number of benzene rings is 2. The summed E-state index contributed by atoms with van der Waals surface area (Å²) in [6.45, 7) is 3.16. The molecule has 0 unspecified atom stereocenters. The zero-order valence-corrected chi connectivity index (χ0v) is 22.2. The van der Waals surface area contributed by atoms with Crippen molar-refractivity contribution in [2.45, 2.75) is 57.5 Å². The molecule has 0 spiro atoms. The van der Waals surface area contributed by atoms with Crippen LogP contribution in [0.4, 0.5) is 10.3 Å². The molecule has 1 aliphatic carbocycles. The minimum Gasteiger partial charge on any atom is -0.394 e. The first-order chi connectivity index (χ1) is 18.6. The Balaban J connectivity index is 1.31. The molecule has 204 valence electrons. The Labute approximate surface area is 230 Å². The number of nitrogens with zero attached hydrogens (tertiary/aromatic N) is 3. The number of fused-ring (bicyclic) bond motifs is 1. The van der Waals surface area contributed by atoms with Crippen LogP contribution < -0.4 is 10.6 Å². The van der Waals surface area contributed by atoms with Gasteiger partial charge in [-0.1, -0.05) is 29.8 Å². The molecule has 0 bridgehead atoms. The zero-order chi connectivity index (χ0) is 27.8. The molecule has 2 amide bonds. The minimum absolute atomic E-state index is 0.0900. The second-order valence-electron chi connectivity index (χ2n) is 10.1. The fourth-order valence-electron chi connectivity index (χ4n) is 4.94. The highest BCUT2D eigenvalue weighted by atomic mass is 35.5. The first kappa shape index (κ1) is 27.0. The van der Waals surface area contributed by atoms with E-state index in [2.05, 4.69) is 20.6 Å². The topological polar surface area (TPSA) is 128 Å². The number of rotatable bonds is 8. The molecule has 9 nitrogen and oxygen atoms in total. The van der Waals surface area contributed by atoms with Gasteiger partial charge in [0.2, 0.25) is 11.9 Å². The van der Waals surface area contributed by atoms with Gasteiger partial charge in [-0.2, -0.15) is 0 Å². The van der Waals surface area contributed by atoms with E-state index in [0.717, 1.165) is 5.56 Å². The van der Waals surface area contributed by atoms with Gasteiger partial charge in [0, 0.05) is 23.7 Å². The van der Waals surface area contributed by atoms with Crippen molar-refractivity contribution in [1.82, 2.24) is 20.2 Å². The van der Waals surface area contributed by atoms with Crippen LogP contribution in [0, 0.1) is 12.7 Å². The lowest BCUT2D eigenvalue weighted by atomic mass is 9.90. The molecule has 39 heavy (non-hydrogen) atoms. The third kappa shape index (κ3) is 5.59. The van der Waals surface area contributed by atoms with Crippen molar-refractivity contribution < 1.29 is 24.2 Å². The molecule has 4 N–H and O–H groups in total. The third-order valence-corrected chi connectivity index (χ3v) is 7.50. The van der Waals surface area contributed by atoms with E-state index in [1.165, 1.54) is 23.2 Å². The van der Waals surface area contributed by atoms with Gasteiger partial charge in [-0.15, -0.1) is 0 Å². The van der Waals surface area contributed by atoms with Crippen LogP contribution >= 0.6 is 11.6 Å². The quantitative estimate of drug-likeness (QED) is 0.337. The third-order valence-electron chi connectivity index (χ3n) is 7.22. The first-order valence-corrected chi connectivity index (χ1v) is 13.1. The summed E-state index contributed by atoms with van der Waals surface area (Å²) in [6.07, 6.45) is 2.42. The van der Waals surface area contributed by atoms with Gasteiger partial charge in [0.25, 0.3) is 5.91 Å². The van der Waals surface area contributed by atoms with Crippen LogP contribution in [-0.4, -0.2) is 61.7 Å². The number of carbonyl (C=O) groups excluding carboxylic acids is 2. The first-order valence-electron chi connectivity index (χ1n) is 12.7. The monoisotopic (exact) mass is 553 g/mol. The van der Waals surface area contributed by atoms with Crippen LogP contribution in [0.2, 0.25) is 5.02 Å². The van der Waals surface area contributed by atoms with Crippen molar-refractivity contribution >= 4 is 29.4 Å². The lowest BCUT2D eigenvalue weighted by Gasteiger charge is -2.31. The molecule has 1 fully saturated rings. The summed E-state index contributed by atoms with van der Waals surface area (Å²) in [7, 11) is 0. The molecule has 1 saturated carbocycles. The second-order valence-corrected chi connectivity index (χ2v) is 10.6. The average Bonchev–Trinajstić information content (AvgIpc) is 3.21. The van der Waals surface area contributed by atoms with E-state index in [-0.39, 0.29) is 24.6 Å². The number of amides is 2. The highest BCUT2D eigenvalue weighted by Crippen LogP contribution is 2.33. The Morgan fingerprint density at radius 1 is 1.26 bits per heavy atom. The number of anilines is 1. The van der Waals surface area contributed by atoms with E-state index in [0.29, 0.717) is 51.8 Å². The van der Waals surface area contributed by atoms with Gasteiger partial charge in [-0.3, -0.25) is 9.59 Å². The van der Waals surface area contributed by atoms with Gasteiger partial charge < -0.3 is 25.7 Å². The molecule has 2 atom stereocenters. The molecule has 2 aliphatic rings. The van der Waals surface area contributed by atoms with E-state index >= 15 is 0 Å². The van der Waals surface area contributed by atoms with Gasteiger partial charge in [-0.05, 0) is 61.6 Å². The molecular weight excluding hydrogens is 525 g/mol. The Hall–Kier alpha value is -3.60. The summed E-state index contributed by atoms with van der Waals surface area (Å²) >= 11 is 6.39. The largest absolute Gasteiger partial charge is 0.394 e. The number of carbonyl (C=O) groups is 2. The smallest absolute Gasteiger partial charge is 0.255 e. The van der Waals surface area contributed by atoms with E-state index < -0.39 is 30.4 Å². The van der Waals surface area contributed by atoms with Crippen molar-refractivity contribution in [1.29, 1.82) is 0 Å². The van der Waals surface area contributed by atoms with Crippen LogP contribution in [-0.2, 0) is 11.3 Å². The summed E-state index contributed by atoms with van der Waals surface area (Å²) in [6, 6.07) is 8.11. The van der Waals surface area contributed by atoms with Gasteiger partial charge in [-0.25, -0.2) is 14.4 Å². The fraction of sp³-hybridized carbons (Fsp3) is 0.357. The number of hydrogen-bond acceptors (Lipinski definition) is 7. The lowest BCUT2D eigenvalue weighted by molar-refractivity contribution is -0.126. The van der Waals surface area contributed by atoms with Crippen LogP contribution in [0.1, 0.15) is 52.9 Å². The maximum Gasteiger partial charge on any atom is 0.255 e. The molecule has 2 aromatic carbocycles. The normalized spacial score (nSPS) is 19.7. The predicted molar refractivity (Wildman–Crippen MR) is 144 cm³/mol. The van der Waals surface area contributed by atoms with E-state index in [1.54, 1.807) is 26.0 Å².